The summed E-state index contributed by atoms with van der Waals surface area (Å²) in [6, 6.07) is 6.85. The Labute approximate surface area is 116 Å². The van der Waals surface area contributed by atoms with Crippen LogP contribution in [0.3, 0.4) is 0 Å². The van der Waals surface area contributed by atoms with E-state index in [1.165, 1.54) is 12.1 Å². The second kappa shape index (κ2) is 5.23. The number of ether oxygens (including phenoxy) is 1. The molecule has 0 spiro atoms. The van der Waals surface area contributed by atoms with Crippen molar-refractivity contribution in [2.24, 2.45) is 0 Å². The highest BCUT2D eigenvalue weighted by Crippen LogP contribution is 2.45. The summed E-state index contributed by atoms with van der Waals surface area (Å²) in [6.45, 7) is 0. The van der Waals surface area contributed by atoms with Crippen LogP contribution in [0.15, 0.2) is 48.5 Å². The van der Waals surface area contributed by atoms with Gasteiger partial charge in [0.15, 0.2) is 11.5 Å². The Kier molecular flexibility index (Phi) is 3.76. The average molecular weight is 304 g/mol. The van der Waals surface area contributed by atoms with Crippen LogP contribution in [0.4, 0.5) is 22.0 Å². The zero-order valence-corrected chi connectivity index (χ0v) is 10.4. The third-order valence-corrected chi connectivity index (χ3v) is 2.68. The Bertz CT molecular complexity index is 626. The van der Waals surface area contributed by atoms with Gasteiger partial charge in [-0.05, 0) is 36.4 Å². The van der Waals surface area contributed by atoms with E-state index < -0.39 is 34.9 Å². The molecule has 2 aromatic rings. The van der Waals surface area contributed by atoms with E-state index in [1.807, 2.05) is 0 Å². The number of rotatable bonds is 4. The molecule has 0 fully saturated rings. The summed E-state index contributed by atoms with van der Waals surface area (Å²) in [6.07, 6.45) is -4.93. The molecule has 2 rings (SSSR count). The van der Waals surface area contributed by atoms with Crippen LogP contribution in [-0.4, -0.2) is 11.2 Å². The van der Waals surface area contributed by atoms with Gasteiger partial charge in [0.1, 0.15) is 5.82 Å². The third kappa shape index (κ3) is 2.91. The topological polar surface area (TPSA) is 29.5 Å². The predicted molar refractivity (Wildman–Crippen MR) is 64.0 cm³/mol. The molecule has 0 aromatic heterocycles. The van der Waals surface area contributed by atoms with Crippen molar-refractivity contribution in [3.05, 3.63) is 59.9 Å². The Hall–Kier alpha value is -2.31. The lowest BCUT2D eigenvalue weighted by atomic mass is 10.1. The van der Waals surface area contributed by atoms with Crippen molar-refractivity contribution < 1.29 is 31.8 Å². The van der Waals surface area contributed by atoms with Crippen LogP contribution in [0, 0.1) is 5.82 Å². The first-order valence-electron chi connectivity index (χ1n) is 5.73. The largest absolute Gasteiger partial charge is 0.504 e. The molecule has 0 bridgehead atoms. The maximum atomic E-state index is 13.8. The maximum absolute atomic E-state index is 13.8. The standard InChI is InChI=1S/C14H9F5O2/c15-10-7-5-9(6-8-10)13(16,17)14(18,19)21-12-4-2-1-3-11(12)20/h1-8,20H. The van der Waals surface area contributed by atoms with Crippen molar-refractivity contribution in [3.63, 3.8) is 0 Å². The van der Waals surface area contributed by atoms with Crippen LogP contribution in [0.2, 0.25) is 0 Å². The number of benzene rings is 2. The smallest absolute Gasteiger partial charge is 0.469 e. The van der Waals surface area contributed by atoms with Gasteiger partial charge in [0.2, 0.25) is 0 Å². The second-order valence-electron chi connectivity index (χ2n) is 4.17. The third-order valence-electron chi connectivity index (χ3n) is 2.68. The number of halogens is 5. The molecule has 0 heterocycles. The van der Waals surface area contributed by atoms with Crippen molar-refractivity contribution in [2.45, 2.75) is 12.0 Å². The molecule has 0 unspecified atom stereocenters. The molecule has 112 valence electrons. The fourth-order valence-corrected chi connectivity index (χ4v) is 1.57. The van der Waals surface area contributed by atoms with Crippen molar-refractivity contribution in [1.29, 1.82) is 0 Å². The molecule has 0 aliphatic carbocycles. The Morgan fingerprint density at radius 3 is 2.00 bits per heavy atom. The van der Waals surface area contributed by atoms with Gasteiger partial charge in [0.25, 0.3) is 0 Å². The summed E-state index contributed by atoms with van der Waals surface area (Å²) >= 11 is 0. The van der Waals surface area contributed by atoms with Gasteiger partial charge in [-0.2, -0.15) is 17.6 Å². The van der Waals surface area contributed by atoms with E-state index in [1.54, 1.807) is 0 Å². The SMILES string of the molecule is Oc1ccccc1OC(F)(F)C(F)(F)c1ccc(F)cc1. The minimum atomic E-state index is -4.93. The normalized spacial score (nSPS) is 12.2. The zero-order valence-electron chi connectivity index (χ0n) is 10.4. The van der Waals surface area contributed by atoms with E-state index in [0.717, 1.165) is 12.1 Å². The number of alkyl halides is 4. The van der Waals surface area contributed by atoms with Crippen LogP contribution in [0.25, 0.3) is 0 Å². The molecule has 0 amide bonds. The number of phenolic OH excluding ortho intramolecular Hbond substituents is 1. The van der Waals surface area contributed by atoms with Crippen LogP contribution >= 0.6 is 0 Å². The van der Waals surface area contributed by atoms with E-state index in [0.29, 0.717) is 24.3 Å². The van der Waals surface area contributed by atoms with Crippen molar-refractivity contribution in [2.75, 3.05) is 0 Å². The predicted octanol–water partition coefficient (Wildman–Crippen LogP) is 4.29. The van der Waals surface area contributed by atoms with E-state index in [2.05, 4.69) is 4.74 Å². The minimum absolute atomic E-state index is 0.539. The monoisotopic (exact) mass is 304 g/mol. The van der Waals surface area contributed by atoms with E-state index in [9.17, 15) is 27.1 Å². The summed E-state index contributed by atoms with van der Waals surface area (Å²) in [5, 5.41) is 9.29. The summed E-state index contributed by atoms with van der Waals surface area (Å²) in [4.78, 5) is 0. The Balaban J connectivity index is 2.33. The van der Waals surface area contributed by atoms with Crippen LogP contribution in [0.5, 0.6) is 11.5 Å². The lowest BCUT2D eigenvalue weighted by Crippen LogP contribution is -2.43. The average Bonchev–Trinajstić information content (AvgIpc) is 2.41. The first-order chi connectivity index (χ1) is 9.74. The van der Waals surface area contributed by atoms with Gasteiger partial charge in [-0.1, -0.05) is 12.1 Å². The van der Waals surface area contributed by atoms with Crippen molar-refractivity contribution in [3.8, 4) is 11.5 Å². The highest BCUT2D eigenvalue weighted by atomic mass is 19.3. The molecule has 0 aliphatic heterocycles. The van der Waals surface area contributed by atoms with Gasteiger partial charge >= 0.3 is 12.0 Å². The molecule has 0 aliphatic rings. The van der Waals surface area contributed by atoms with Crippen LogP contribution in [0.1, 0.15) is 5.56 Å². The fraction of sp³-hybridized carbons (Fsp3) is 0.143. The summed E-state index contributed by atoms with van der Waals surface area (Å²) in [5.74, 6) is -7.03. The second-order valence-corrected chi connectivity index (χ2v) is 4.17. The number of hydrogen-bond donors (Lipinski definition) is 1. The minimum Gasteiger partial charge on any atom is -0.504 e. The lowest BCUT2D eigenvalue weighted by Gasteiger charge is -2.26. The van der Waals surface area contributed by atoms with Crippen molar-refractivity contribution >= 4 is 0 Å². The fourth-order valence-electron chi connectivity index (χ4n) is 1.57. The van der Waals surface area contributed by atoms with Gasteiger partial charge in [-0.3, -0.25) is 0 Å². The summed E-state index contributed by atoms with van der Waals surface area (Å²) in [5.41, 5.74) is -1.11. The molecule has 0 saturated carbocycles. The highest BCUT2D eigenvalue weighted by molar-refractivity contribution is 5.38. The molecule has 2 nitrogen and oxygen atoms in total. The number of para-hydroxylation sites is 2. The van der Waals surface area contributed by atoms with E-state index in [-0.39, 0.29) is 0 Å². The van der Waals surface area contributed by atoms with Crippen molar-refractivity contribution in [1.82, 2.24) is 0 Å². The number of aromatic hydroxyl groups is 1. The summed E-state index contributed by atoms with van der Waals surface area (Å²) < 4.78 is 71.6. The Morgan fingerprint density at radius 1 is 0.857 bits per heavy atom. The van der Waals surface area contributed by atoms with Crippen LogP contribution in [-0.2, 0) is 5.92 Å². The molecular formula is C14H9F5O2. The van der Waals surface area contributed by atoms with Gasteiger partial charge in [0, 0.05) is 5.56 Å². The molecule has 7 heteroatoms. The van der Waals surface area contributed by atoms with Crippen LogP contribution < -0.4 is 4.74 Å². The maximum Gasteiger partial charge on any atom is 0.469 e. The lowest BCUT2D eigenvalue weighted by molar-refractivity contribution is -0.316. The molecule has 0 saturated heterocycles. The molecule has 1 N–H and O–H groups in total. The molecule has 2 aromatic carbocycles. The Morgan fingerprint density at radius 2 is 1.43 bits per heavy atom. The molecule has 0 radical (unpaired) electrons. The quantitative estimate of drug-likeness (QED) is 0.854. The van der Waals surface area contributed by atoms with Gasteiger partial charge < -0.3 is 9.84 Å². The van der Waals surface area contributed by atoms with E-state index >= 15 is 0 Å². The zero-order chi connectivity index (χ0) is 15.7. The van der Waals surface area contributed by atoms with Gasteiger partial charge in [0.05, 0.1) is 0 Å². The number of phenols is 1. The highest BCUT2D eigenvalue weighted by Gasteiger charge is 2.60. The summed E-state index contributed by atoms with van der Waals surface area (Å²) in [7, 11) is 0. The molecule has 0 atom stereocenters. The first kappa shape index (κ1) is 15.1. The van der Waals surface area contributed by atoms with Gasteiger partial charge in [-0.25, -0.2) is 4.39 Å². The number of hydrogen-bond acceptors (Lipinski definition) is 2. The molecule has 21 heavy (non-hydrogen) atoms. The van der Waals surface area contributed by atoms with E-state index in [4.69, 9.17) is 0 Å². The molecular weight excluding hydrogens is 295 g/mol. The van der Waals surface area contributed by atoms with Gasteiger partial charge in [-0.15, -0.1) is 0 Å². The first-order valence-corrected chi connectivity index (χ1v) is 5.73.